The maximum Gasteiger partial charge on any atom is 0.288 e. The van der Waals surface area contributed by atoms with Gasteiger partial charge in [0.1, 0.15) is 17.8 Å². The van der Waals surface area contributed by atoms with Crippen LogP contribution in [0.1, 0.15) is 5.56 Å². The molecule has 0 saturated carbocycles. The van der Waals surface area contributed by atoms with Crippen LogP contribution in [0.5, 0.6) is 0 Å². The first-order chi connectivity index (χ1) is 9.56. The number of nitro groups is 1. The van der Waals surface area contributed by atoms with E-state index in [1.807, 2.05) is 0 Å². The van der Waals surface area contributed by atoms with Crippen LogP contribution in [-0.2, 0) is 6.42 Å². The molecule has 0 aliphatic heterocycles. The Hall–Kier alpha value is -2.02. The molecular weight excluding hydrogens is 329 g/mol. The molecular formula is C13H11BrFN3O2. The highest BCUT2D eigenvalue weighted by molar-refractivity contribution is 9.10. The molecule has 1 aromatic heterocycles. The molecule has 5 nitrogen and oxygen atoms in total. The first kappa shape index (κ1) is 14.4. The van der Waals surface area contributed by atoms with E-state index in [0.717, 1.165) is 5.56 Å². The Morgan fingerprint density at radius 2 is 2.05 bits per heavy atom. The van der Waals surface area contributed by atoms with E-state index < -0.39 is 4.92 Å². The highest BCUT2D eigenvalue weighted by atomic mass is 79.9. The number of pyridine rings is 1. The summed E-state index contributed by atoms with van der Waals surface area (Å²) in [5.41, 5.74) is 0.929. The predicted molar refractivity (Wildman–Crippen MR) is 77.2 cm³/mol. The standard InChI is InChI=1S/C13H11BrFN3O2/c14-12-7-11(18(19)20)8-17-13(12)16-6-5-9-1-3-10(15)4-2-9/h1-4,7-8H,5-6H2,(H,16,17). The zero-order chi connectivity index (χ0) is 14.5. The predicted octanol–water partition coefficient (Wildman–Crippen LogP) is 3.55. The van der Waals surface area contributed by atoms with Crippen molar-refractivity contribution in [3.05, 3.63) is 62.5 Å². The van der Waals surface area contributed by atoms with Crippen molar-refractivity contribution < 1.29 is 9.31 Å². The minimum Gasteiger partial charge on any atom is -0.369 e. The number of hydrogen-bond acceptors (Lipinski definition) is 4. The number of nitrogens with zero attached hydrogens (tertiary/aromatic N) is 2. The van der Waals surface area contributed by atoms with Gasteiger partial charge in [-0.15, -0.1) is 0 Å². The highest BCUT2D eigenvalue weighted by Crippen LogP contribution is 2.24. The Labute approximate surface area is 123 Å². The number of hydrogen-bond donors (Lipinski definition) is 1. The number of halogens is 2. The minimum atomic E-state index is -0.500. The molecule has 0 amide bonds. The van der Waals surface area contributed by atoms with E-state index in [0.29, 0.717) is 23.3 Å². The van der Waals surface area contributed by atoms with E-state index in [9.17, 15) is 14.5 Å². The zero-order valence-electron chi connectivity index (χ0n) is 10.3. The first-order valence-electron chi connectivity index (χ1n) is 5.84. The molecule has 1 heterocycles. The van der Waals surface area contributed by atoms with Gasteiger partial charge in [0.25, 0.3) is 5.69 Å². The fourth-order valence-electron chi connectivity index (χ4n) is 1.63. The van der Waals surface area contributed by atoms with Gasteiger partial charge >= 0.3 is 0 Å². The van der Waals surface area contributed by atoms with Crippen molar-refractivity contribution in [3.63, 3.8) is 0 Å². The average Bonchev–Trinajstić information content (AvgIpc) is 2.42. The van der Waals surface area contributed by atoms with Gasteiger partial charge in [-0.3, -0.25) is 10.1 Å². The molecule has 1 N–H and O–H groups in total. The summed E-state index contributed by atoms with van der Waals surface area (Å²) in [6.07, 6.45) is 1.90. The van der Waals surface area contributed by atoms with E-state index in [1.165, 1.54) is 24.4 Å². The van der Waals surface area contributed by atoms with E-state index >= 15 is 0 Å². The molecule has 0 aliphatic carbocycles. The molecule has 0 radical (unpaired) electrons. The maximum atomic E-state index is 12.7. The molecule has 2 rings (SSSR count). The summed E-state index contributed by atoms with van der Waals surface area (Å²) in [7, 11) is 0. The van der Waals surface area contributed by atoms with Crippen molar-refractivity contribution in [2.45, 2.75) is 6.42 Å². The van der Waals surface area contributed by atoms with Gasteiger partial charge in [0, 0.05) is 12.6 Å². The summed E-state index contributed by atoms with van der Waals surface area (Å²) in [5.74, 6) is 0.277. The quantitative estimate of drug-likeness (QED) is 0.668. The summed E-state index contributed by atoms with van der Waals surface area (Å²) in [6.45, 7) is 0.592. The Balaban J connectivity index is 1.94. The lowest BCUT2D eigenvalue weighted by molar-refractivity contribution is -0.385. The lowest BCUT2D eigenvalue weighted by Gasteiger charge is -2.07. The van der Waals surface area contributed by atoms with Gasteiger partial charge in [0.2, 0.25) is 0 Å². The topological polar surface area (TPSA) is 68.1 Å². The lowest BCUT2D eigenvalue weighted by atomic mass is 10.1. The van der Waals surface area contributed by atoms with Crippen molar-refractivity contribution in [3.8, 4) is 0 Å². The molecule has 20 heavy (non-hydrogen) atoms. The van der Waals surface area contributed by atoms with Crippen LogP contribution in [0.15, 0.2) is 41.0 Å². The van der Waals surface area contributed by atoms with Crippen LogP contribution >= 0.6 is 15.9 Å². The van der Waals surface area contributed by atoms with E-state index in [4.69, 9.17) is 0 Å². The molecule has 2 aromatic rings. The lowest BCUT2D eigenvalue weighted by Crippen LogP contribution is -2.07. The minimum absolute atomic E-state index is 0.0686. The smallest absolute Gasteiger partial charge is 0.288 e. The van der Waals surface area contributed by atoms with E-state index in [1.54, 1.807) is 12.1 Å². The van der Waals surface area contributed by atoms with Crippen molar-refractivity contribution in [1.82, 2.24) is 4.98 Å². The fourth-order valence-corrected chi connectivity index (χ4v) is 2.11. The molecule has 0 saturated heterocycles. The monoisotopic (exact) mass is 339 g/mol. The molecule has 1 aromatic carbocycles. The molecule has 0 spiro atoms. The number of benzene rings is 1. The van der Waals surface area contributed by atoms with Crippen LogP contribution in [0.25, 0.3) is 0 Å². The molecule has 0 bridgehead atoms. The van der Waals surface area contributed by atoms with Crippen LogP contribution in [0.4, 0.5) is 15.9 Å². The third-order valence-corrected chi connectivity index (χ3v) is 3.26. The van der Waals surface area contributed by atoms with Crippen LogP contribution in [0.3, 0.4) is 0 Å². The second-order valence-corrected chi connectivity index (χ2v) is 4.94. The highest BCUT2D eigenvalue weighted by Gasteiger charge is 2.10. The van der Waals surface area contributed by atoms with Gasteiger partial charge in [-0.2, -0.15) is 0 Å². The second kappa shape index (κ2) is 6.42. The van der Waals surface area contributed by atoms with Crippen LogP contribution in [-0.4, -0.2) is 16.5 Å². The molecule has 0 fully saturated rings. The fraction of sp³-hybridized carbons (Fsp3) is 0.154. The molecule has 7 heteroatoms. The van der Waals surface area contributed by atoms with Gasteiger partial charge in [-0.25, -0.2) is 9.37 Å². The number of aromatic nitrogens is 1. The number of anilines is 1. The Morgan fingerprint density at radius 1 is 1.35 bits per heavy atom. The number of nitrogens with one attached hydrogen (secondary N) is 1. The van der Waals surface area contributed by atoms with Crippen LogP contribution in [0, 0.1) is 15.9 Å². The van der Waals surface area contributed by atoms with Crippen molar-refractivity contribution in [1.29, 1.82) is 0 Å². The average molecular weight is 340 g/mol. The molecule has 0 aliphatic rings. The van der Waals surface area contributed by atoms with Crippen molar-refractivity contribution in [2.75, 3.05) is 11.9 Å². The molecule has 0 atom stereocenters. The molecule has 0 unspecified atom stereocenters. The SMILES string of the molecule is O=[N+]([O-])c1cnc(NCCc2ccc(F)cc2)c(Br)c1. The maximum absolute atomic E-state index is 12.7. The van der Waals surface area contributed by atoms with Gasteiger partial charge in [0.15, 0.2) is 0 Å². The first-order valence-corrected chi connectivity index (χ1v) is 6.64. The normalized spacial score (nSPS) is 10.3. The summed E-state index contributed by atoms with van der Waals surface area (Å²) in [5, 5.41) is 13.7. The third-order valence-electron chi connectivity index (χ3n) is 2.66. The van der Waals surface area contributed by atoms with Gasteiger partial charge in [-0.1, -0.05) is 12.1 Å². The zero-order valence-corrected chi connectivity index (χ0v) is 11.9. The third kappa shape index (κ3) is 3.74. The van der Waals surface area contributed by atoms with E-state index in [-0.39, 0.29) is 11.5 Å². The van der Waals surface area contributed by atoms with E-state index in [2.05, 4.69) is 26.2 Å². The van der Waals surface area contributed by atoms with Crippen LogP contribution < -0.4 is 5.32 Å². The van der Waals surface area contributed by atoms with Crippen molar-refractivity contribution >= 4 is 27.4 Å². The molecule has 104 valence electrons. The number of rotatable bonds is 5. The summed E-state index contributed by atoms with van der Waals surface area (Å²) in [6, 6.07) is 7.66. The Kier molecular flexibility index (Phi) is 4.62. The summed E-state index contributed by atoms with van der Waals surface area (Å²) < 4.78 is 13.3. The van der Waals surface area contributed by atoms with Crippen molar-refractivity contribution in [2.24, 2.45) is 0 Å². The largest absolute Gasteiger partial charge is 0.369 e. The summed E-state index contributed by atoms with van der Waals surface area (Å²) >= 11 is 3.23. The Morgan fingerprint density at radius 3 is 2.65 bits per heavy atom. The van der Waals surface area contributed by atoms with Gasteiger partial charge < -0.3 is 5.32 Å². The Bertz CT molecular complexity index is 620. The summed E-state index contributed by atoms with van der Waals surface area (Å²) in [4.78, 5) is 14.1. The second-order valence-electron chi connectivity index (χ2n) is 4.08. The van der Waals surface area contributed by atoms with Crippen LogP contribution in [0.2, 0.25) is 0 Å². The van der Waals surface area contributed by atoms with Gasteiger partial charge in [-0.05, 0) is 40.0 Å². The van der Waals surface area contributed by atoms with Gasteiger partial charge in [0.05, 0.1) is 9.40 Å².